The standard InChI is InChI=1S/C25H41N3/c1-5-14-25(4)16-9-7-6-8-11-20(12-10-15-24(2,3)19-25)22-18-27-23-21(28-22)13-17-26-23/h13,17-18,20H,5-12,14-16,19H2,1-4H3,(H,26,27). The van der Waals surface area contributed by atoms with Crippen LogP contribution in [-0.2, 0) is 0 Å². The normalized spacial score (nSPS) is 27.6. The van der Waals surface area contributed by atoms with Gasteiger partial charge in [-0.1, -0.05) is 66.2 Å². The van der Waals surface area contributed by atoms with Gasteiger partial charge in [0, 0.05) is 12.1 Å². The lowest BCUT2D eigenvalue weighted by Gasteiger charge is -2.38. The largest absolute Gasteiger partial charge is 0.345 e. The van der Waals surface area contributed by atoms with Crippen LogP contribution < -0.4 is 0 Å². The van der Waals surface area contributed by atoms with Crippen LogP contribution in [0.25, 0.3) is 11.2 Å². The summed E-state index contributed by atoms with van der Waals surface area (Å²) in [6.45, 7) is 9.91. The fourth-order valence-electron chi connectivity index (χ4n) is 5.75. The molecule has 1 aliphatic carbocycles. The Hall–Kier alpha value is -1.38. The van der Waals surface area contributed by atoms with Crippen LogP contribution in [-0.4, -0.2) is 15.0 Å². The van der Waals surface area contributed by atoms with Crippen molar-refractivity contribution in [2.45, 2.75) is 111 Å². The summed E-state index contributed by atoms with van der Waals surface area (Å²) in [5.74, 6) is 0.561. The molecular weight excluding hydrogens is 342 g/mol. The minimum Gasteiger partial charge on any atom is -0.345 e. The quantitative estimate of drug-likeness (QED) is 0.587. The number of aromatic amines is 1. The molecule has 1 saturated carbocycles. The lowest BCUT2D eigenvalue weighted by Crippen LogP contribution is -2.26. The third-order valence-electron chi connectivity index (χ3n) is 6.95. The monoisotopic (exact) mass is 383 g/mol. The number of hydrogen-bond donors (Lipinski definition) is 1. The van der Waals surface area contributed by atoms with Gasteiger partial charge in [0.25, 0.3) is 0 Å². The number of rotatable bonds is 3. The Balaban J connectivity index is 1.71. The Morgan fingerprint density at radius 3 is 2.64 bits per heavy atom. The molecule has 0 radical (unpaired) electrons. The third-order valence-corrected chi connectivity index (χ3v) is 6.95. The highest BCUT2D eigenvalue weighted by Gasteiger charge is 2.31. The van der Waals surface area contributed by atoms with E-state index in [0.29, 0.717) is 16.7 Å². The summed E-state index contributed by atoms with van der Waals surface area (Å²) >= 11 is 0. The van der Waals surface area contributed by atoms with Crippen LogP contribution in [0, 0.1) is 10.8 Å². The molecule has 2 unspecified atom stereocenters. The van der Waals surface area contributed by atoms with Crippen LogP contribution in [0.5, 0.6) is 0 Å². The molecule has 3 nitrogen and oxygen atoms in total. The minimum absolute atomic E-state index is 0.429. The number of fused-ring (bicyclic) bond motifs is 1. The Morgan fingerprint density at radius 2 is 1.82 bits per heavy atom. The van der Waals surface area contributed by atoms with Gasteiger partial charge >= 0.3 is 0 Å². The van der Waals surface area contributed by atoms with Crippen LogP contribution in [0.15, 0.2) is 18.5 Å². The Morgan fingerprint density at radius 1 is 1.04 bits per heavy atom. The zero-order valence-electron chi connectivity index (χ0n) is 18.7. The van der Waals surface area contributed by atoms with Gasteiger partial charge in [-0.3, -0.25) is 0 Å². The smallest absolute Gasteiger partial charge is 0.156 e. The fraction of sp³-hybridized carbons (Fsp3) is 0.760. The molecule has 2 atom stereocenters. The molecule has 1 N–H and O–H groups in total. The van der Waals surface area contributed by atoms with Crippen molar-refractivity contribution in [2.75, 3.05) is 0 Å². The summed E-state index contributed by atoms with van der Waals surface area (Å²) in [4.78, 5) is 12.7. The fourth-order valence-corrected chi connectivity index (χ4v) is 5.75. The maximum absolute atomic E-state index is 4.94. The van der Waals surface area contributed by atoms with Crippen LogP contribution in [0.3, 0.4) is 0 Å². The summed E-state index contributed by atoms with van der Waals surface area (Å²) in [7, 11) is 0. The molecule has 0 saturated heterocycles. The lowest BCUT2D eigenvalue weighted by atomic mass is 9.67. The zero-order valence-corrected chi connectivity index (χ0v) is 18.7. The molecule has 0 bridgehead atoms. The molecule has 3 rings (SSSR count). The first-order chi connectivity index (χ1) is 13.4. The molecular formula is C25H41N3. The van der Waals surface area contributed by atoms with Crippen molar-refractivity contribution in [3.8, 4) is 0 Å². The van der Waals surface area contributed by atoms with Gasteiger partial charge in [0.05, 0.1) is 11.9 Å². The number of aromatic nitrogens is 3. The van der Waals surface area contributed by atoms with E-state index in [1.807, 2.05) is 18.5 Å². The summed E-state index contributed by atoms with van der Waals surface area (Å²) in [5, 5.41) is 0. The van der Waals surface area contributed by atoms with E-state index in [1.54, 1.807) is 0 Å². The van der Waals surface area contributed by atoms with Gasteiger partial charge in [-0.2, -0.15) is 0 Å². The highest BCUT2D eigenvalue weighted by molar-refractivity contribution is 5.69. The topological polar surface area (TPSA) is 41.6 Å². The van der Waals surface area contributed by atoms with Crippen molar-refractivity contribution < 1.29 is 0 Å². The molecule has 3 heteroatoms. The van der Waals surface area contributed by atoms with Gasteiger partial charge in [0.2, 0.25) is 0 Å². The Labute approximate surface area is 172 Å². The highest BCUT2D eigenvalue weighted by Crippen LogP contribution is 2.44. The van der Waals surface area contributed by atoms with E-state index in [0.717, 1.165) is 11.2 Å². The third kappa shape index (κ3) is 5.81. The molecule has 2 aromatic heterocycles. The summed E-state index contributed by atoms with van der Waals surface area (Å²) in [6, 6.07) is 2.04. The van der Waals surface area contributed by atoms with Crippen molar-refractivity contribution in [1.82, 2.24) is 15.0 Å². The zero-order chi connectivity index (χ0) is 20.0. The lowest BCUT2D eigenvalue weighted by molar-refractivity contribution is 0.135. The van der Waals surface area contributed by atoms with Crippen molar-refractivity contribution in [1.29, 1.82) is 0 Å². The van der Waals surface area contributed by atoms with Gasteiger partial charge in [-0.05, 0) is 55.4 Å². The van der Waals surface area contributed by atoms with Crippen molar-refractivity contribution in [2.24, 2.45) is 10.8 Å². The first-order valence-corrected chi connectivity index (χ1v) is 11.7. The van der Waals surface area contributed by atoms with Crippen LogP contribution in [0.1, 0.15) is 116 Å². The van der Waals surface area contributed by atoms with E-state index < -0.39 is 0 Å². The predicted molar refractivity (Wildman–Crippen MR) is 120 cm³/mol. The first kappa shape index (κ1) is 21.3. The van der Waals surface area contributed by atoms with Crippen LogP contribution in [0.2, 0.25) is 0 Å². The van der Waals surface area contributed by atoms with Gasteiger partial charge in [0.1, 0.15) is 5.52 Å². The second kappa shape index (κ2) is 9.41. The summed E-state index contributed by atoms with van der Waals surface area (Å²) in [6.07, 6.45) is 20.0. The first-order valence-electron chi connectivity index (χ1n) is 11.7. The maximum atomic E-state index is 4.94. The van der Waals surface area contributed by atoms with E-state index in [1.165, 1.54) is 82.7 Å². The molecule has 2 aromatic rings. The van der Waals surface area contributed by atoms with Crippen molar-refractivity contribution >= 4 is 11.2 Å². The molecule has 0 amide bonds. The van der Waals surface area contributed by atoms with Crippen LogP contribution in [0.4, 0.5) is 0 Å². The van der Waals surface area contributed by atoms with Gasteiger partial charge in [0.15, 0.2) is 5.65 Å². The van der Waals surface area contributed by atoms with Crippen LogP contribution >= 0.6 is 0 Å². The molecule has 2 heterocycles. The Bertz CT molecular complexity index is 732. The number of nitrogens with zero attached hydrogens (tertiary/aromatic N) is 2. The van der Waals surface area contributed by atoms with E-state index in [9.17, 15) is 0 Å². The summed E-state index contributed by atoms with van der Waals surface area (Å²) in [5.41, 5.74) is 4.08. The van der Waals surface area contributed by atoms with Crippen molar-refractivity contribution in [3.05, 3.63) is 24.2 Å². The van der Waals surface area contributed by atoms with E-state index in [-0.39, 0.29) is 0 Å². The molecule has 1 fully saturated rings. The Kier molecular flexibility index (Phi) is 7.17. The second-order valence-electron chi connectivity index (χ2n) is 10.5. The molecule has 28 heavy (non-hydrogen) atoms. The molecule has 1 aliphatic rings. The summed E-state index contributed by atoms with van der Waals surface area (Å²) < 4.78 is 0. The second-order valence-corrected chi connectivity index (χ2v) is 10.5. The molecule has 156 valence electrons. The maximum Gasteiger partial charge on any atom is 0.156 e. The van der Waals surface area contributed by atoms with E-state index >= 15 is 0 Å². The highest BCUT2D eigenvalue weighted by atomic mass is 14.9. The molecule has 0 aromatic carbocycles. The van der Waals surface area contributed by atoms with Crippen molar-refractivity contribution in [3.63, 3.8) is 0 Å². The van der Waals surface area contributed by atoms with Gasteiger partial charge in [-0.15, -0.1) is 0 Å². The average molecular weight is 384 g/mol. The number of H-pyrrole nitrogens is 1. The average Bonchev–Trinajstić information content (AvgIpc) is 3.09. The molecule has 0 spiro atoms. The van der Waals surface area contributed by atoms with Gasteiger partial charge < -0.3 is 4.98 Å². The number of nitrogens with one attached hydrogen (secondary N) is 1. The minimum atomic E-state index is 0.429. The number of hydrogen-bond acceptors (Lipinski definition) is 2. The predicted octanol–water partition coefficient (Wildman–Crippen LogP) is 7.79. The van der Waals surface area contributed by atoms with E-state index in [2.05, 4.69) is 37.7 Å². The van der Waals surface area contributed by atoms with E-state index in [4.69, 9.17) is 4.98 Å². The SMILES string of the molecule is CCCC1(C)CCCCCCC(c2cnc3[nH]ccc3n2)CCCC(C)(C)C1. The molecule has 0 aliphatic heterocycles. The van der Waals surface area contributed by atoms with Gasteiger partial charge in [-0.25, -0.2) is 9.97 Å².